The van der Waals surface area contributed by atoms with Crippen LogP contribution in [0.1, 0.15) is 5.56 Å². The molecule has 2 aromatic carbocycles. The van der Waals surface area contributed by atoms with E-state index in [4.69, 9.17) is 0 Å². The lowest BCUT2D eigenvalue weighted by Crippen LogP contribution is -2.49. The molecule has 1 fully saturated rings. The van der Waals surface area contributed by atoms with Crippen molar-refractivity contribution < 1.29 is 8.42 Å². The van der Waals surface area contributed by atoms with Crippen LogP contribution in [0.2, 0.25) is 0 Å². The Morgan fingerprint density at radius 1 is 0.923 bits per heavy atom. The number of hydrogen-bond donors (Lipinski definition) is 0. The van der Waals surface area contributed by atoms with Gasteiger partial charge in [-0.15, -0.1) is 0 Å². The van der Waals surface area contributed by atoms with Crippen LogP contribution in [0.5, 0.6) is 0 Å². The van der Waals surface area contributed by atoms with Gasteiger partial charge in [-0.2, -0.15) is 4.31 Å². The maximum Gasteiger partial charge on any atom is 0.243 e. The quantitative estimate of drug-likeness (QED) is 0.779. The Kier molecular flexibility index (Phi) is 5.96. The fourth-order valence-corrected chi connectivity index (χ4v) is 4.66. The van der Waals surface area contributed by atoms with Crippen molar-refractivity contribution in [3.8, 4) is 0 Å². The average Bonchev–Trinajstić information content (AvgIpc) is 2.67. The Morgan fingerprint density at radius 2 is 1.62 bits per heavy atom. The zero-order valence-corrected chi connectivity index (χ0v) is 16.3. The predicted molar refractivity (Wildman–Crippen MR) is 106 cm³/mol. The van der Waals surface area contributed by atoms with Crippen molar-refractivity contribution in [2.75, 3.05) is 51.7 Å². The van der Waals surface area contributed by atoms with Gasteiger partial charge in [0, 0.05) is 52.5 Å². The summed E-state index contributed by atoms with van der Waals surface area (Å²) < 4.78 is 27.5. The van der Waals surface area contributed by atoms with E-state index in [2.05, 4.69) is 29.2 Å². The van der Waals surface area contributed by atoms with E-state index in [0.717, 1.165) is 31.7 Å². The first kappa shape index (κ1) is 18.9. The molecule has 2 aromatic rings. The highest BCUT2D eigenvalue weighted by Crippen LogP contribution is 2.22. The number of piperazine rings is 1. The number of benzene rings is 2. The third kappa shape index (κ3) is 4.44. The van der Waals surface area contributed by atoms with Crippen LogP contribution < -0.4 is 4.90 Å². The Hall–Kier alpha value is -1.89. The van der Waals surface area contributed by atoms with Crippen molar-refractivity contribution in [2.24, 2.45) is 0 Å². The molecule has 1 heterocycles. The van der Waals surface area contributed by atoms with Crippen molar-refractivity contribution in [1.82, 2.24) is 9.21 Å². The normalized spacial score (nSPS) is 16.5. The van der Waals surface area contributed by atoms with Crippen LogP contribution in [0.25, 0.3) is 0 Å². The van der Waals surface area contributed by atoms with Crippen molar-refractivity contribution >= 4 is 15.7 Å². The van der Waals surface area contributed by atoms with E-state index in [1.54, 1.807) is 22.5 Å². The van der Waals surface area contributed by atoms with Gasteiger partial charge in [-0.25, -0.2) is 8.42 Å². The van der Waals surface area contributed by atoms with Gasteiger partial charge in [-0.1, -0.05) is 36.4 Å². The van der Waals surface area contributed by atoms with Gasteiger partial charge < -0.3 is 9.80 Å². The van der Waals surface area contributed by atoms with Crippen LogP contribution >= 0.6 is 0 Å². The zero-order valence-electron chi connectivity index (χ0n) is 15.5. The van der Waals surface area contributed by atoms with E-state index in [0.29, 0.717) is 18.0 Å². The first-order valence-corrected chi connectivity index (χ1v) is 10.4. The molecule has 26 heavy (non-hydrogen) atoms. The van der Waals surface area contributed by atoms with E-state index < -0.39 is 10.0 Å². The fourth-order valence-electron chi connectivity index (χ4n) is 3.20. The lowest BCUT2D eigenvalue weighted by Gasteiger charge is -2.34. The third-order valence-corrected chi connectivity index (χ3v) is 6.76. The molecule has 5 nitrogen and oxygen atoms in total. The minimum absolute atomic E-state index is 0.376. The Bertz CT molecular complexity index is 814. The largest absolute Gasteiger partial charge is 0.378 e. The summed E-state index contributed by atoms with van der Waals surface area (Å²) in [5.41, 5.74) is 2.22. The summed E-state index contributed by atoms with van der Waals surface area (Å²) in [7, 11) is 0.399. The molecular weight excluding hydrogens is 346 g/mol. The Morgan fingerprint density at radius 3 is 2.27 bits per heavy atom. The molecule has 0 N–H and O–H groups in total. The monoisotopic (exact) mass is 373 g/mol. The van der Waals surface area contributed by atoms with Gasteiger partial charge in [-0.3, -0.25) is 0 Å². The molecule has 0 amide bonds. The molecule has 1 aliphatic rings. The summed E-state index contributed by atoms with van der Waals surface area (Å²) in [6.45, 7) is 3.61. The molecule has 0 aromatic heterocycles. The first-order valence-electron chi connectivity index (χ1n) is 9.00. The fraction of sp³-hybridized carbons (Fsp3) is 0.400. The van der Waals surface area contributed by atoms with Crippen molar-refractivity contribution in [1.29, 1.82) is 0 Å². The maximum absolute atomic E-state index is 12.9. The molecule has 3 rings (SSSR count). The molecule has 6 heteroatoms. The SMILES string of the molecule is CN(C)c1cccc(S(=O)(=O)N2CCN(CCc3ccccc3)CC2)c1. The minimum Gasteiger partial charge on any atom is -0.378 e. The molecule has 0 spiro atoms. The zero-order chi connectivity index (χ0) is 18.6. The summed E-state index contributed by atoms with van der Waals surface area (Å²) in [6, 6.07) is 17.6. The number of hydrogen-bond acceptors (Lipinski definition) is 4. The minimum atomic E-state index is -3.43. The first-order chi connectivity index (χ1) is 12.5. The van der Waals surface area contributed by atoms with E-state index in [1.165, 1.54) is 5.56 Å². The van der Waals surface area contributed by atoms with Crippen molar-refractivity contribution in [3.63, 3.8) is 0 Å². The lowest BCUT2D eigenvalue weighted by molar-refractivity contribution is 0.190. The van der Waals surface area contributed by atoms with E-state index >= 15 is 0 Å². The van der Waals surface area contributed by atoms with Gasteiger partial charge in [-0.05, 0) is 30.2 Å². The highest BCUT2D eigenvalue weighted by Gasteiger charge is 2.28. The smallest absolute Gasteiger partial charge is 0.243 e. The Balaban J connectivity index is 1.59. The topological polar surface area (TPSA) is 43.9 Å². The number of rotatable bonds is 6. The summed E-state index contributed by atoms with van der Waals surface area (Å²) in [6.07, 6.45) is 0.998. The van der Waals surface area contributed by atoms with E-state index in [9.17, 15) is 8.42 Å². The third-order valence-electron chi connectivity index (χ3n) is 4.86. The molecular formula is C20H27N3O2S. The van der Waals surface area contributed by atoms with Gasteiger partial charge in [0.1, 0.15) is 0 Å². The summed E-state index contributed by atoms with van der Waals surface area (Å²) in [4.78, 5) is 4.64. The summed E-state index contributed by atoms with van der Waals surface area (Å²) in [5.74, 6) is 0. The molecule has 1 aliphatic heterocycles. The molecule has 0 saturated carbocycles. The van der Waals surface area contributed by atoms with Gasteiger partial charge in [0.25, 0.3) is 0 Å². The van der Waals surface area contributed by atoms with Crippen molar-refractivity contribution in [3.05, 3.63) is 60.2 Å². The second-order valence-electron chi connectivity index (χ2n) is 6.87. The maximum atomic E-state index is 12.9. The van der Waals surface area contributed by atoms with Crippen LogP contribution in [0.4, 0.5) is 5.69 Å². The second-order valence-corrected chi connectivity index (χ2v) is 8.81. The molecule has 0 unspecified atom stereocenters. The van der Waals surface area contributed by atoms with Crippen LogP contribution in [0.3, 0.4) is 0 Å². The van der Waals surface area contributed by atoms with Gasteiger partial charge in [0.05, 0.1) is 4.90 Å². The lowest BCUT2D eigenvalue weighted by atomic mass is 10.1. The van der Waals surface area contributed by atoms with E-state index in [1.807, 2.05) is 31.1 Å². The van der Waals surface area contributed by atoms with Crippen LogP contribution in [-0.4, -0.2) is 64.4 Å². The average molecular weight is 374 g/mol. The second kappa shape index (κ2) is 8.20. The molecule has 1 saturated heterocycles. The van der Waals surface area contributed by atoms with Gasteiger partial charge in [0.2, 0.25) is 10.0 Å². The van der Waals surface area contributed by atoms with Crippen LogP contribution in [0, 0.1) is 0 Å². The van der Waals surface area contributed by atoms with Gasteiger partial charge >= 0.3 is 0 Å². The Labute approximate surface area is 156 Å². The molecule has 0 bridgehead atoms. The highest BCUT2D eigenvalue weighted by atomic mass is 32.2. The number of nitrogens with zero attached hydrogens (tertiary/aromatic N) is 3. The highest BCUT2D eigenvalue weighted by molar-refractivity contribution is 7.89. The van der Waals surface area contributed by atoms with E-state index in [-0.39, 0.29) is 0 Å². The predicted octanol–water partition coefficient (Wildman–Crippen LogP) is 2.30. The number of sulfonamides is 1. The van der Waals surface area contributed by atoms with Crippen molar-refractivity contribution in [2.45, 2.75) is 11.3 Å². The number of anilines is 1. The molecule has 0 atom stereocenters. The van der Waals surface area contributed by atoms with Crippen LogP contribution in [-0.2, 0) is 16.4 Å². The molecule has 0 aliphatic carbocycles. The summed E-state index contributed by atoms with van der Waals surface area (Å²) in [5, 5.41) is 0. The van der Waals surface area contributed by atoms with Gasteiger partial charge in [0.15, 0.2) is 0 Å². The molecule has 0 radical (unpaired) electrons. The summed E-state index contributed by atoms with van der Waals surface area (Å²) >= 11 is 0. The standard InChI is InChI=1S/C20H27N3O2S/c1-21(2)19-9-6-10-20(17-19)26(24,25)23-15-13-22(14-16-23)12-11-18-7-4-3-5-8-18/h3-10,17H,11-16H2,1-2H3. The van der Waals surface area contributed by atoms with Crippen LogP contribution in [0.15, 0.2) is 59.5 Å². The molecule has 140 valence electrons.